The van der Waals surface area contributed by atoms with Crippen molar-refractivity contribution >= 4 is 48.5 Å². The van der Waals surface area contributed by atoms with Gasteiger partial charge in [0.05, 0.1) is 21.7 Å². The third-order valence-electron chi connectivity index (χ3n) is 7.25. The van der Waals surface area contributed by atoms with Crippen molar-refractivity contribution in [1.82, 2.24) is 0 Å². The second-order valence-electron chi connectivity index (χ2n) is 12.1. The van der Waals surface area contributed by atoms with E-state index in [2.05, 4.69) is 100 Å². The monoisotopic (exact) mass is 511 g/mol. The molecule has 0 aliphatic heterocycles. The highest BCUT2D eigenvalue weighted by Gasteiger charge is 2.29. The summed E-state index contributed by atoms with van der Waals surface area (Å²) in [5.74, 6) is 0. The Morgan fingerprint density at radius 2 is 1.50 bits per heavy atom. The van der Waals surface area contributed by atoms with Gasteiger partial charge in [0.1, 0.15) is 18.2 Å². The standard InChI is InChI=1S/C32H38NOSi2/c1-21-10-13-23(14-11-21)27-19-28(33(3)20-30(27)36(7,8)9)31-22(2)12-16-26-25-17-15-24(35(4,5)6)18-29(25)34-32(26)31/h10-20H,1-9H3/q+1/i1D3. The summed E-state index contributed by atoms with van der Waals surface area (Å²) in [5.41, 5.74) is 7.76. The highest BCUT2D eigenvalue weighted by molar-refractivity contribution is 6.89. The maximum Gasteiger partial charge on any atom is 0.216 e. The molecule has 36 heavy (non-hydrogen) atoms. The zero-order valence-electron chi connectivity index (χ0n) is 25.7. The third kappa shape index (κ3) is 4.27. The predicted molar refractivity (Wildman–Crippen MR) is 161 cm³/mol. The number of fused-ring (bicyclic) bond motifs is 3. The molecule has 5 rings (SSSR count). The average molecular weight is 512 g/mol. The lowest BCUT2D eigenvalue weighted by molar-refractivity contribution is -0.659. The number of hydrogen-bond acceptors (Lipinski definition) is 1. The SMILES string of the molecule is [2H]C([2H])([2H])c1ccc(-c2cc(-c3c(C)ccc4c3oc3cc([Si](C)(C)C)ccc34)[n+](C)cc2[Si](C)(C)C)cc1. The van der Waals surface area contributed by atoms with Crippen LogP contribution in [0.4, 0.5) is 0 Å². The number of pyridine rings is 1. The molecular formula is C32H38NOSi2+. The van der Waals surface area contributed by atoms with Gasteiger partial charge in [-0.15, -0.1) is 0 Å². The van der Waals surface area contributed by atoms with Crippen molar-refractivity contribution in [2.75, 3.05) is 0 Å². The highest BCUT2D eigenvalue weighted by atomic mass is 28.3. The van der Waals surface area contributed by atoms with E-state index >= 15 is 0 Å². The smallest absolute Gasteiger partial charge is 0.216 e. The largest absolute Gasteiger partial charge is 0.455 e. The van der Waals surface area contributed by atoms with Crippen molar-refractivity contribution in [3.63, 3.8) is 0 Å². The molecule has 0 unspecified atom stereocenters. The number of nitrogens with zero attached hydrogens (tertiary/aromatic N) is 1. The lowest BCUT2D eigenvalue weighted by Gasteiger charge is -2.21. The number of hydrogen-bond donors (Lipinski definition) is 0. The molecule has 0 aliphatic carbocycles. The minimum atomic E-state index is -2.11. The van der Waals surface area contributed by atoms with Crippen LogP contribution in [0.5, 0.6) is 0 Å². The predicted octanol–water partition coefficient (Wildman–Crippen LogP) is 7.45. The van der Waals surface area contributed by atoms with Crippen LogP contribution in [0, 0.1) is 13.8 Å². The number of furan rings is 1. The van der Waals surface area contributed by atoms with E-state index in [0.29, 0.717) is 5.56 Å². The van der Waals surface area contributed by atoms with Gasteiger partial charge in [-0.05, 0) is 36.5 Å². The molecule has 0 aliphatic rings. The van der Waals surface area contributed by atoms with E-state index in [4.69, 9.17) is 8.53 Å². The minimum Gasteiger partial charge on any atom is -0.455 e. The summed E-state index contributed by atoms with van der Waals surface area (Å²) in [7, 11) is -1.10. The maximum atomic E-state index is 7.79. The highest BCUT2D eigenvalue weighted by Crippen LogP contribution is 2.37. The van der Waals surface area contributed by atoms with Crippen LogP contribution in [-0.4, -0.2) is 16.1 Å². The molecule has 0 spiro atoms. The van der Waals surface area contributed by atoms with Gasteiger partial charge < -0.3 is 4.42 Å². The normalized spacial score (nSPS) is 14.2. The van der Waals surface area contributed by atoms with Gasteiger partial charge in [0.2, 0.25) is 5.69 Å². The summed E-state index contributed by atoms with van der Waals surface area (Å²) in [6.07, 6.45) is 2.28. The molecule has 4 heteroatoms. The molecule has 2 nitrogen and oxygen atoms in total. The van der Waals surface area contributed by atoms with E-state index in [1.165, 1.54) is 10.4 Å². The molecule has 0 fully saturated rings. The van der Waals surface area contributed by atoms with Crippen molar-refractivity contribution in [2.45, 2.75) is 53.1 Å². The van der Waals surface area contributed by atoms with Crippen LogP contribution < -0.4 is 14.9 Å². The first-order chi connectivity index (χ1) is 18.1. The maximum absolute atomic E-state index is 7.79. The number of benzene rings is 3. The summed E-state index contributed by atoms with van der Waals surface area (Å²) in [6, 6.07) is 20.8. The van der Waals surface area contributed by atoms with E-state index in [-0.39, 0.29) is 0 Å². The zero-order valence-corrected chi connectivity index (χ0v) is 24.7. The Hall–Kier alpha value is -2.96. The minimum absolute atomic E-state index is 0.364. The van der Waals surface area contributed by atoms with Gasteiger partial charge >= 0.3 is 0 Å². The Kier molecular flexibility index (Phi) is 5.03. The lowest BCUT2D eigenvalue weighted by Crippen LogP contribution is -2.46. The van der Waals surface area contributed by atoms with E-state index in [9.17, 15) is 0 Å². The van der Waals surface area contributed by atoms with Crippen molar-refractivity contribution < 1.29 is 13.1 Å². The second-order valence-corrected chi connectivity index (χ2v) is 22.2. The topological polar surface area (TPSA) is 17.0 Å². The molecule has 0 saturated heterocycles. The summed E-state index contributed by atoms with van der Waals surface area (Å²) >= 11 is 0. The number of rotatable bonds is 4. The van der Waals surface area contributed by atoms with Crippen LogP contribution in [-0.2, 0) is 7.05 Å². The van der Waals surface area contributed by atoms with Crippen molar-refractivity contribution in [3.8, 4) is 22.4 Å². The first-order valence-corrected chi connectivity index (χ1v) is 19.7. The van der Waals surface area contributed by atoms with E-state index < -0.39 is 23.0 Å². The van der Waals surface area contributed by atoms with Crippen molar-refractivity contribution in [2.24, 2.45) is 7.05 Å². The molecule has 0 amide bonds. The van der Waals surface area contributed by atoms with Crippen LogP contribution in [0.15, 0.2) is 71.3 Å². The van der Waals surface area contributed by atoms with Crippen LogP contribution in [0.3, 0.4) is 0 Å². The van der Waals surface area contributed by atoms with Crippen LogP contribution in [0.25, 0.3) is 44.3 Å². The molecule has 0 N–H and O–H groups in total. The van der Waals surface area contributed by atoms with Crippen LogP contribution in [0.2, 0.25) is 39.3 Å². The van der Waals surface area contributed by atoms with Gasteiger partial charge in [-0.25, -0.2) is 4.57 Å². The Bertz CT molecular complexity index is 1720. The Morgan fingerprint density at radius 1 is 0.806 bits per heavy atom. The molecule has 0 bridgehead atoms. The fourth-order valence-corrected chi connectivity index (χ4v) is 7.86. The molecule has 3 aromatic carbocycles. The molecule has 0 saturated carbocycles. The Labute approximate surface area is 221 Å². The van der Waals surface area contributed by atoms with Gasteiger partial charge in [-0.3, -0.25) is 0 Å². The molecule has 5 aromatic rings. The van der Waals surface area contributed by atoms with Gasteiger partial charge in [-0.2, -0.15) is 0 Å². The molecule has 2 heterocycles. The summed E-state index contributed by atoms with van der Waals surface area (Å²) < 4.78 is 32.3. The zero-order chi connectivity index (χ0) is 28.5. The quantitative estimate of drug-likeness (QED) is 0.181. The summed E-state index contributed by atoms with van der Waals surface area (Å²) in [6.45, 7) is 14.2. The fourth-order valence-electron chi connectivity index (χ4n) is 5.11. The summed E-state index contributed by atoms with van der Waals surface area (Å²) in [5, 5.41) is 5.01. The summed E-state index contributed by atoms with van der Waals surface area (Å²) in [4.78, 5) is 0. The molecule has 184 valence electrons. The van der Waals surface area contributed by atoms with Gasteiger partial charge in [0.25, 0.3) is 0 Å². The molecular weight excluding hydrogens is 471 g/mol. The van der Waals surface area contributed by atoms with Gasteiger partial charge in [-0.1, -0.05) is 98.6 Å². The number of aryl methyl sites for hydroxylation is 3. The van der Waals surface area contributed by atoms with E-state index in [0.717, 1.165) is 49.9 Å². The first-order valence-electron chi connectivity index (χ1n) is 14.2. The Balaban J connectivity index is 1.78. The second kappa shape index (κ2) is 8.57. The van der Waals surface area contributed by atoms with Crippen LogP contribution >= 0.6 is 0 Å². The number of aromatic nitrogens is 1. The van der Waals surface area contributed by atoms with Crippen molar-refractivity contribution in [3.05, 3.63) is 78.0 Å². The van der Waals surface area contributed by atoms with Gasteiger partial charge in [0, 0.05) is 26.1 Å². The van der Waals surface area contributed by atoms with Crippen LogP contribution in [0.1, 0.15) is 15.2 Å². The van der Waals surface area contributed by atoms with Gasteiger partial charge in [0.15, 0.2) is 6.20 Å². The molecule has 0 atom stereocenters. The average Bonchev–Trinajstić information content (AvgIpc) is 3.20. The van der Waals surface area contributed by atoms with E-state index in [1.54, 1.807) is 12.1 Å². The Morgan fingerprint density at radius 3 is 2.14 bits per heavy atom. The lowest BCUT2D eigenvalue weighted by atomic mass is 9.97. The fraction of sp³-hybridized carbons (Fsp3) is 0.281. The van der Waals surface area contributed by atoms with E-state index in [1.807, 2.05) is 12.1 Å². The third-order valence-corrected chi connectivity index (χ3v) is 11.3. The van der Waals surface area contributed by atoms with Crippen molar-refractivity contribution in [1.29, 1.82) is 0 Å². The molecule has 2 aromatic heterocycles. The first kappa shape index (κ1) is 21.2. The molecule has 0 radical (unpaired) electrons.